The van der Waals surface area contributed by atoms with Crippen molar-refractivity contribution in [2.45, 2.75) is 44.1 Å². The lowest BCUT2D eigenvalue weighted by molar-refractivity contribution is -0.409. The smallest absolute Gasteiger partial charge is 0.371 e. The Balaban J connectivity index is 2.65. The van der Waals surface area contributed by atoms with Crippen molar-refractivity contribution in [1.82, 2.24) is 0 Å². The third-order valence-corrected chi connectivity index (χ3v) is 4.71. The van der Waals surface area contributed by atoms with E-state index in [4.69, 9.17) is 0 Å². The lowest BCUT2D eigenvalue weighted by Gasteiger charge is -2.38. The van der Waals surface area contributed by atoms with Crippen LogP contribution in [0.4, 0.5) is 40.8 Å². The molecule has 0 fully saturated rings. The van der Waals surface area contributed by atoms with Gasteiger partial charge in [-0.05, 0) is 36.6 Å². The molecule has 0 spiro atoms. The number of aryl methyl sites for hydroxylation is 2. The number of carbonyl (C=O) groups is 1. The Morgan fingerprint density at radius 2 is 1.48 bits per heavy atom. The average molecular weight is 455 g/mol. The number of benzene rings is 2. The number of rotatable bonds is 5. The first kappa shape index (κ1) is 24.6. The van der Waals surface area contributed by atoms with Crippen molar-refractivity contribution >= 4 is 11.6 Å². The maximum Gasteiger partial charge on any atom is 0.457 e. The van der Waals surface area contributed by atoms with Crippen LogP contribution in [0.3, 0.4) is 0 Å². The summed E-state index contributed by atoms with van der Waals surface area (Å²) in [4.78, 5) is 12.4. The maximum absolute atomic E-state index is 13.9. The molecule has 170 valence electrons. The molecule has 0 saturated heterocycles. The van der Waals surface area contributed by atoms with Crippen LogP contribution in [-0.4, -0.2) is 29.3 Å². The molecule has 2 rings (SSSR count). The molecular weight excluding hydrogens is 438 g/mol. The Kier molecular flexibility index (Phi) is 6.42. The van der Waals surface area contributed by atoms with Gasteiger partial charge in [0.15, 0.2) is 0 Å². The Morgan fingerprint density at radius 1 is 0.935 bits per heavy atom. The second kappa shape index (κ2) is 8.10. The summed E-state index contributed by atoms with van der Waals surface area (Å²) in [5, 5.41) is 12.2. The summed E-state index contributed by atoms with van der Waals surface area (Å²) in [6.45, 7) is 2.51. The van der Waals surface area contributed by atoms with E-state index in [0.29, 0.717) is 12.1 Å². The topological polar surface area (TPSA) is 49.3 Å². The number of aliphatic hydroxyl groups is 1. The molecule has 0 radical (unpaired) electrons. The quantitative estimate of drug-likeness (QED) is 0.564. The van der Waals surface area contributed by atoms with Crippen molar-refractivity contribution in [2.75, 3.05) is 5.32 Å². The predicted molar refractivity (Wildman–Crippen MR) is 95.9 cm³/mol. The minimum Gasteiger partial charge on any atom is -0.371 e. The zero-order valence-corrected chi connectivity index (χ0v) is 16.1. The Labute approximate surface area is 171 Å². The first-order valence-electron chi connectivity index (χ1n) is 8.82. The molecule has 2 N–H and O–H groups in total. The van der Waals surface area contributed by atoms with Crippen molar-refractivity contribution < 1.29 is 45.0 Å². The van der Waals surface area contributed by atoms with Gasteiger partial charge in [-0.3, -0.25) is 4.79 Å². The standard InChI is InChI=1S/C20H17F8NO2/c1-3-12-10-14(17(31,19(23,24)25)18(21,22)20(26,27)28)9-11(2)15(12)29-16(30)13-7-5-4-6-8-13/h4-10,31H,3H2,1-2H3,(H,29,30). The van der Waals surface area contributed by atoms with Gasteiger partial charge in [-0.2, -0.15) is 35.1 Å². The second-order valence-electron chi connectivity index (χ2n) is 6.78. The largest absolute Gasteiger partial charge is 0.457 e. The lowest BCUT2D eigenvalue weighted by atomic mass is 9.83. The fourth-order valence-electron chi connectivity index (χ4n) is 3.03. The van der Waals surface area contributed by atoms with Crippen molar-refractivity contribution in [3.63, 3.8) is 0 Å². The highest BCUT2D eigenvalue weighted by Crippen LogP contribution is 2.56. The summed E-state index contributed by atoms with van der Waals surface area (Å²) in [5.74, 6) is -7.21. The van der Waals surface area contributed by atoms with Crippen LogP contribution in [0.5, 0.6) is 0 Å². The Hall–Kier alpha value is -2.69. The van der Waals surface area contributed by atoms with E-state index in [9.17, 15) is 45.0 Å². The third kappa shape index (κ3) is 4.23. The highest BCUT2D eigenvalue weighted by atomic mass is 19.4. The molecule has 0 bridgehead atoms. The van der Waals surface area contributed by atoms with Gasteiger partial charge in [0.2, 0.25) is 0 Å². The second-order valence-corrected chi connectivity index (χ2v) is 6.78. The number of anilines is 1. The normalized spacial score (nSPS) is 14.8. The van der Waals surface area contributed by atoms with E-state index in [1.165, 1.54) is 19.1 Å². The van der Waals surface area contributed by atoms with E-state index in [2.05, 4.69) is 5.32 Å². The minimum atomic E-state index is -6.68. The monoisotopic (exact) mass is 455 g/mol. The van der Waals surface area contributed by atoms with Crippen LogP contribution in [0.2, 0.25) is 0 Å². The molecular formula is C20H17F8NO2. The van der Waals surface area contributed by atoms with E-state index in [1.807, 2.05) is 0 Å². The zero-order valence-electron chi connectivity index (χ0n) is 16.1. The number of alkyl halides is 8. The van der Waals surface area contributed by atoms with Gasteiger partial charge in [0.25, 0.3) is 11.5 Å². The average Bonchev–Trinajstić information content (AvgIpc) is 2.67. The van der Waals surface area contributed by atoms with E-state index in [-0.39, 0.29) is 28.8 Å². The fourth-order valence-corrected chi connectivity index (χ4v) is 3.03. The van der Waals surface area contributed by atoms with Gasteiger partial charge in [-0.1, -0.05) is 37.3 Å². The summed E-state index contributed by atoms with van der Waals surface area (Å²) in [6.07, 6.45) is -13.2. The summed E-state index contributed by atoms with van der Waals surface area (Å²) in [6, 6.07) is 8.36. The Morgan fingerprint density at radius 3 is 1.94 bits per heavy atom. The lowest BCUT2D eigenvalue weighted by Crippen LogP contribution is -2.62. The Bertz CT molecular complexity index is 954. The summed E-state index contributed by atoms with van der Waals surface area (Å²) < 4.78 is 106. The van der Waals surface area contributed by atoms with Gasteiger partial charge in [0.05, 0.1) is 0 Å². The van der Waals surface area contributed by atoms with Gasteiger partial charge >= 0.3 is 18.3 Å². The van der Waals surface area contributed by atoms with Gasteiger partial charge in [0, 0.05) is 16.8 Å². The number of hydrogen-bond donors (Lipinski definition) is 2. The van der Waals surface area contributed by atoms with E-state index in [1.54, 1.807) is 18.2 Å². The van der Waals surface area contributed by atoms with Crippen LogP contribution >= 0.6 is 0 Å². The molecule has 2 aromatic rings. The zero-order chi connectivity index (χ0) is 23.8. The molecule has 11 heteroatoms. The van der Waals surface area contributed by atoms with E-state index >= 15 is 0 Å². The van der Waals surface area contributed by atoms with Crippen molar-refractivity contribution in [3.05, 3.63) is 64.7 Å². The summed E-state index contributed by atoms with van der Waals surface area (Å²) >= 11 is 0. The molecule has 0 heterocycles. The number of carbonyl (C=O) groups excluding carboxylic acids is 1. The van der Waals surface area contributed by atoms with Gasteiger partial charge in [-0.15, -0.1) is 0 Å². The van der Waals surface area contributed by atoms with Crippen molar-refractivity contribution in [3.8, 4) is 0 Å². The molecule has 1 unspecified atom stereocenters. The molecule has 0 aromatic heterocycles. The minimum absolute atomic E-state index is 0.0556. The highest BCUT2D eigenvalue weighted by molar-refractivity contribution is 6.05. The fraction of sp³-hybridized carbons (Fsp3) is 0.350. The number of hydrogen-bond acceptors (Lipinski definition) is 2. The third-order valence-electron chi connectivity index (χ3n) is 4.71. The molecule has 0 aliphatic heterocycles. The van der Waals surface area contributed by atoms with E-state index < -0.39 is 35.3 Å². The SMILES string of the molecule is CCc1cc(C(O)(C(F)(F)F)C(F)(F)C(F)(F)F)cc(C)c1NC(=O)c1ccccc1. The van der Waals surface area contributed by atoms with Crippen molar-refractivity contribution in [2.24, 2.45) is 0 Å². The van der Waals surface area contributed by atoms with Crippen LogP contribution in [0, 0.1) is 6.92 Å². The van der Waals surface area contributed by atoms with Crippen LogP contribution in [0.15, 0.2) is 42.5 Å². The van der Waals surface area contributed by atoms with Gasteiger partial charge in [0.1, 0.15) is 0 Å². The van der Waals surface area contributed by atoms with Crippen molar-refractivity contribution in [1.29, 1.82) is 0 Å². The summed E-state index contributed by atoms with van der Waals surface area (Å²) in [5.41, 5.74) is -7.49. The molecule has 0 aliphatic carbocycles. The van der Waals surface area contributed by atoms with Crippen LogP contribution in [0.1, 0.15) is 34.0 Å². The molecule has 3 nitrogen and oxygen atoms in total. The van der Waals surface area contributed by atoms with Crippen LogP contribution in [-0.2, 0) is 12.0 Å². The first-order valence-corrected chi connectivity index (χ1v) is 8.82. The number of amides is 1. The molecule has 31 heavy (non-hydrogen) atoms. The summed E-state index contributed by atoms with van der Waals surface area (Å²) in [7, 11) is 0. The van der Waals surface area contributed by atoms with Crippen LogP contribution < -0.4 is 5.32 Å². The molecule has 2 aromatic carbocycles. The molecule has 1 atom stereocenters. The number of nitrogens with one attached hydrogen (secondary N) is 1. The molecule has 1 amide bonds. The molecule has 0 saturated carbocycles. The van der Waals surface area contributed by atoms with Crippen LogP contribution in [0.25, 0.3) is 0 Å². The predicted octanol–water partition coefficient (Wildman–Crippen LogP) is 5.76. The van der Waals surface area contributed by atoms with E-state index in [0.717, 1.165) is 6.92 Å². The highest BCUT2D eigenvalue weighted by Gasteiger charge is 2.80. The molecule has 0 aliphatic rings. The number of halogens is 8. The maximum atomic E-state index is 13.9. The van der Waals surface area contributed by atoms with Gasteiger partial charge in [-0.25, -0.2) is 0 Å². The first-order chi connectivity index (χ1) is 14.1. The van der Waals surface area contributed by atoms with Gasteiger partial charge < -0.3 is 10.4 Å².